The highest BCUT2D eigenvalue weighted by Gasteiger charge is 2.32. The molecule has 1 rings (SSSR count). The zero-order valence-electron chi connectivity index (χ0n) is 8.91. The van der Waals surface area contributed by atoms with E-state index in [1.54, 1.807) is 0 Å². The molecule has 0 atom stereocenters. The summed E-state index contributed by atoms with van der Waals surface area (Å²) < 4.78 is 32.2. The number of nitrogens with one attached hydrogen (secondary N) is 1. The van der Waals surface area contributed by atoms with Gasteiger partial charge in [0.25, 0.3) is 10.2 Å². The van der Waals surface area contributed by atoms with Crippen molar-refractivity contribution < 1.29 is 13.2 Å². The van der Waals surface area contributed by atoms with E-state index in [1.807, 2.05) is 6.92 Å². The van der Waals surface area contributed by atoms with Crippen molar-refractivity contribution in [2.24, 2.45) is 0 Å². The van der Waals surface area contributed by atoms with Crippen LogP contribution in [0.15, 0.2) is 0 Å². The Balaban J connectivity index is 2.66. The topological polar surface area (TPSA) is 58.6 Å². The van der Waals surface area contributed by atoms with Gasteiger partial charge in [0.2, 0.25) is 0 Å². The standard InChI is InChI=1S/C8H18N2O3S/c1-8(4-6-13-7-5-8)9-14(11,12)10(2)3/h9H,4-7H2,1-3H3. The number of hydrogen-bond acceptors (Lipinski definition) is 3. The van der Waals surface area contributed by atoms with E-state index in [9.17, 15) is 8.42 Å². The van der Waals surface area contributed by atoms with Crippen LogP contribution in [0.3, 0.4) is 0 Å². The summed E-state index contributed by atoms with van der Waals surface area (Å²) in [4.78, 5) is 0. The van der Waals surface area contributed by atoms with Crippen LogP contribution < -0.4 is 4.72 Å². The Hall–Kier alpha value is -0.170. The molecule has 1 aliphatic heterocycles. The van der Waals surface area contributed by atoms with E-state index in [1.165, 1.54) is 18.4 Å². The van der Waals surface area contributed by atoms with Gasteiger partial charge >= 0.3 is 0 Å². The van der Waals surface area contributed by atoms with E-state index in [4.69, 9.17) is 4.74 Å². The minimum atomic E-state index is -3.33. The largest absolute Gasteiger partial charge is 0.381 e. The van der Waals surface area contributed by atoms with Crippen LogP contribution in [0.2, 0.25) is 0 Å². The van der Waals surface area contributed by atoms with Crippen molar-refractivity contribution in [2.75, 3.05) is 27.3 Å². The molecule has 0 unspecified atom stereocenters. The average molecular weight is 222 g/mol. The summed E-state index contributed by atoms with van der Waals surface area (Å²) in [6.07, 6.45) is 1.44. The van der Waals surface area contributed by atoms with E-state index in [0.29, 0.717) is 13.2 Å². The molecule has 1 aliphatic rings. The van der Waals surface area contributed by atoms with Gasteiger partial charge in [0.05, 0.1) is 0 Å². The molecular weight excluding hydrogens is 204 g/mol. The van der Waals surface area contributed by atoms with Gasteiger partial charge < -0.3 is 4.74 Å². The molecule has 5 nitrogen and oxygen atoms in total. The minimum absolute atomic E-state index is 0.360. The van der Waals surface area contributed by atoms with Crippen LogP contribution in [0.25, 0.3) is 0 Å². The maximum absolute atomic E-state index is 11.6. The normalized spacial score (nSPS) is 22.6. The number of nitrogens with zero attached hydrogens (tertiary/aromatic N) is 1. The van der Waals surface area contributed by atoms with Gasteiger partial charge in [0, 0.05) is 32.8 Å². The lowest BCUT2D eigenvalue weighted by Crippen LogP contribution is -2.52. The lowest BCUT2D eigenvalue weighted by Gasteiger charge is -2.34. The third-order valence-electron chi connectivity index (χ3n) is 2.45. The summed E-state index contributed by atoms with van der Waals surface area (Å²) in [5.41, 5.74) is -0.360. The zero-order valence-corrected chi connectivity index (χ0v) is 9.73. The van der Waals surface area contributed by atoms with E-state index < -0.39 is 10.2 Å². The summed E-state index contributed by atoms with van der Waals surface area (Å²) in [6, 6.07) is 0. The highest BCUT2D eigenvalue weighted by Crippen LogP contribution is 2.20. The molecular formula is C8H18N2O3S. The van der Waals surface area contributed by atoms with Crippen molar-refractivity contribution in [3.05, 3.63) is 0 Å². The number of rotatable bonds is 3. The molecule has 0 spiro atoms. The summed E-state index contributed by atoms with van der Waals surface area (Å²) >= 11 is 0. The maximum Gasteiger partial charge on any atom is 0.279 e. The molecule has 0 radical (unpaired) electrons. The fourth-order valence-corrected chi connectivity index (χ4v) is 2.34. The Morgan fingerprint density at radius 3 is 2.21 bits per heavy atom. The smallest absolute Gasteiger partial charge is 0.279 e. The van der Waals surface area contributed by atoms with Crippen LogP contribution in [-0.2, 0) is 14.9 Å². The molecule has 0 aromatic rings. The predicted molar refractivity (Wildman–Crippen MR) is 54.2 cm³/mol. The second kappa shape index (κ2) is 4.14. The van der Waals surface area contributed by atoms with Gasteiger partial charge in [-0.2, -0.15) is 17.4 Å². The molecule has 0 bridgehead atoms. The van der Waals surface area contributed by atoms with Crippen LogP contribution >= 0.6 is 0 Å². The van der Waals surface area contributed by atoms with Crippen LogP contribution in [0.4, 0.5) is 0 Å². The number of ether oxygens (including phenoxy) is 1. The van der Waals surface area contributed by atoms with Gasteiger partial charge in [-0.25, -0.2) is 0 Å². The van der Waals surface area contributed by atoms with Crippen LogP contribution in [-0.4, -0.2) is 45.6 Å². The van der Waals surface area contributed by atoms with Crippen molar-refractivity contribution in [2.45, 2.75) is 25.3 Å². The first kappa shape index (κ1) is 11.9. The van der Waals surface area contributed by atoms with Gasteiger partial charge in [0.15, 0.2) is 0 Å². The molecule has 1 saturated heterocycles. The molecule has 0 aliphatic carbocycles. The first-order valence-corrected chi connectivity index (χ1v) is 6.09. The SMILES string of the molecule is CN(C)S(=O)(=O)NC1(C)CCOCC1. The molecule has 6 heteroatoms. The van der Waals surface area contributed by atoms with E-state index in [0.717, 1.165) is 12.8 Å². The van der Waals surface area contributed by atoms with E-state index >= 15 is 0 Å². The monoisotopic (exact) mass is 222 g/mol. The minimum Gasteiger partial charge on any atom is -0.381 e. The van der Waals surface area contributed by atoms with Gasteiger partial charge in [-0.3, -0.25) is 0 Å². The Morgan fingerprint density at radius 1 is 1.29 bits per heavy atom. The second-order valence-corrected chi connectivity index (χ2v) is 5.95. The molecule has 0 aromatic carbocycles. The Kier molecular flexibility index (Phi) is 3.52. The molecule has 0 amide bonds. The summed E-state index contributed by atoms with van der Waals surface area (Å²) in [5.74, 6) is 0. The summed E-state index contributed by atoms with van der Waals surface area (Å²) in [6.45, 7) is 3.15. The highest BCUT2D eigenvalue weighted by molar-refractivity contribution is 7.87. The van der Waals surface area contributed by atoms with Gasteiger partial charge in [-0.05, 0) is 19.8 Å². The van der Waals surface area contributed by atoms with E-state index in [-0.39, 0.29) is 5.54 Å². The molecule has 84 valence electrons. The van der Waals surface area contributed by atoms with Gasteiger partial charge in [-0.1, -0.05) is 0 Å². The Labute approximate surface area is 85.6 Å². The molecule has 1 heterocycles. The van der Waals surface area contributed by atoms with Crippen molar-refractivity contribution >= 4 is 10.2 Å². The lowest BCUT2D eigenvalue weighted by molar-refractivity contribution is 0.0533. The lowest BCUT2D eigenvalue weighted by atomic mass is 9.94. The predicted octanol–water partition coefficient (Wildman–Crippen LogP) is -0.0485. The molecule has 0 saturated carbocycles. The molecule has 1 N–H and O–H groups in total. The highest BCUT2D eigenvalue weighted by atomic mass is 32.2. The zero-order chi connectivity index (χ0) is 10.8. The number of hydrogen-bond donors (Lipinski definition) is 1. The third kappa shape index (κ3) is 2.91. The van der Waals surface area contributed by atoms with Crippen molar-refractivity contribution in [1.29, 1.82) is 0 Å². The van der Waals surface area contributed by atoms with Crippen LogP contribution in [0.1, 0.15) is 19.8 Å². The first-order chi connectivity index (χ1) is 6.36. The molecule has 1 fully saturated rings. The quantitative estimate of drug-likeness (QED) is 0.728. The Morgan fingerprint density at radius 2 is 1.79 bits per heavy atom. The van der Waals surface area contributed by atoms with Gasteiger partial charge in [0.1, 0.15) is 0 Å². The second-order valence-electron chi connectivity index (χ2n) is 4.06. The van der Waals surface area contributed by atoms with Crippen LogP contribution in [0, 0.1) is 0 Å². The van der Waals surface area contributed by atoms with Crippen molar-refractivity contribution in [3.63, 3.8) is 0 Å². The fraction of sp³-hybridized carbons (Fsp3) is 1.00. The van der Waals surface area contributed by atoms with Crippen LogP contribution in [0.5, 0.6) is 0 Å². The molecule has 0 aromatic heterocycles. The summed E-state index contributed by atoms with van der Waals surface area (Å²) in [5, 5.41) is 0. The van der Waals surface area contributed by atoms with E-state index in [2.05, 4.69) is 4.72 Å². The van der Waals surface area contributed by atoms with Crippen molar-refractivity contribution in [1.82, 2.24) is 9.03 Å². The third-order valence-corrected chi connectivity index (χ3v) is 4.16. The maximum atomic E-state index is 11.6. The summed E-state index contributed by atoms with van der Waals surface area (Å²) in [7, 11) is -0.291. The van der Waals surface area contributed by atoms with Gasteiger partial charge in [-0.15, -0.1) is 0 Å². The molecule has 14 heavy (non-hydrogen) atoms. The Bertz CT molecular complexity index is 281. The fourth-order valence-electron chi connectivity index (χ4n) is 1.33. The van der Waals surface area contributed by atoms with Crippen molar-refractivity contribution in [3.8, 4) is 0 Å². The first-order valence-electron chi connectivity index (χ1n) is 4.65. The average Bonchev–Trinajstić information content (AvgIpc) is 2.03.